The van der Waals surface area contributed by atoms with Crippen molar-refractivity contribution in [3.05, 3.63) is 0 Å². The number of carbonyl (C=O) groups excluding carboxylic acids is 3. The highest BCUT2D eigenvalue weighted by Crippen LogP contribution is 2.28. The molecule has 0 unspecified atom stereocenters. The Kier molecular flexibility index (Phi) is 10.8. The van der Waals surface area contributed by atoms with E-state index < -0.39 is 18.1 Å². The van der Waals surface area contributed by atoms with Gasteiger partial charge in [-0.05, 0) is 55.9 Å². The van der Waals surface area contributed by atoms with E-state index in [0.717, 1.165) is 37.9 Å². The van der Waals surface area contributed by atoms with Crippen molar-refractivity contribution in [2.75, 3.05) is 19.1 Å². The summed E-state index contributed by atoms with van der Waals surface area (Å²) in [5.74, 6) is 0.566. The lowest BCUT2D eigenvalue weighted by atomic mass is 9.82. The molecule has 0 radical (unpaired) electrons. The minimum absolute atomic E-state index is 0.0182. The van der Waals surface area contributed by atoms with Gasteiger partial charge in [-0.2, -0.15) is 11.8 Å². The number of nitrogens with one attached hydrogen (secondary N) is 2. The Morgan fingerprint density at radius 1 is 1.15 bits per heavy atom. The van der Waals surface area contributed by atoms with Gasteiger partial charge in [0.1, 0.15) is 12.1 Å². The maximum Gasteiger partial charge on any atom is 0.328 e. The van der Waals surface area contributed by atoms with E-state index in [4.69, 9.17) is 4.74 Å². The normalized spacial score (nSPS) is 23.0. The molecule has 0 aliphatic heterocycles. The van der Waals surface area contributed by atoms with Crippen LogP contribution in [0.15, 0.2) is 0 Å². The van der Waals surface area contributed by atoms with E-state index in [1.54, 1.807) is 11.8 Å². The van der Waals surface area contributed by atoms with E-state index in [1.807, 2.05) is 20.1 Å². The van der Waals surface area contributed by atoms with Gasteiger partial charge in [0.2, 0.25) is 11.8 Å². The van der Waals surface area contributed by atoms with Crippen LogP contribution in [0.3, 0.4) is 0 Å². The standard InChI is InChI=1S/C20H36N2O4S/c1-6-14(3)17(22-18(23)15-9-7-13(2)8-10-15)19(24)21-16(11-12-27-5)20(25)26-4/h13-17H,6-12H2,1-5H3,(H,21,24)(H,22,23)/t13?,14-,15?,16+,17-/m0/s1. The maximum absolute atomic E-state index is 12.9. The lowest BCUT2D eigenvalue weighted by Crippen LogP contribution is -2.55. The summed E-state index contributed by atoms with van der Waals surface area (Å²) in [5, 5.41) is 5.75. The molecular weight excluding hydrogens is 364 g/mol. The van der Waals surface area contributed by atoms with Gasteiger partial charge in [0, 0.05) is 5.92 Å². The summed E-state index contributed by atoms with van der Waals surface area (Å²) in [6.45, 7) is 6.15. The van der Waals surface area contributed by atoms with Crippen molar-refractivity contribution in [2.24, 2.45) is 17.8 Å². The number of esters is 1. The van der Waals surface area contributed by atoms with Gasteiger partial charge in [0.25, 0.3) is 0 Å². The lowest BCUT2D eigenvalue weighted by molar-refractivity contribution is -0.145. The molecule has 1 saturated carbocycles. The van der Waals surface area contributed by atoms with E-state index >= 15 is 0 Å². The number of hydrogen-bond donors (Lipinski definition) is 2. The van der Waals surface area contributed by atoms with Crippen LogP contribution in [0.25, 0.3) is 0 Å². The minimum atomic E-state index is -0.686. The van der Waals surface area contributed by atoms with Crippen molar-refractivity contribution < 1.29 is 19.1 Å². The summed E-state index contributed by atoms with van der Waals surface area (Å²) in [6, 6.07) is -1.32. The topological polar surface area (TPSA) is 84.5 Å². The number of methoxy groups -OCH3 is 1. The van der Waals surface area contributed by atoms with Crippen LogP contribution in [0, 0.1) is 17.8 Å². The second kappa shape index (κ2) is 12.3. The summed E-state index contributed by atoms with van der Waals surface area (Å²) in [5.41, 5.74) is 0. The van der Waals surface area contributed by atoms with Gasteiger partial charge in [-0.25, -0.2) is 4.79 Å². The summed E-state index contributed by atoms with van der Waals surface area (Å²) >= 11 is 1.60. The van der Waals surface area contributed by atoms with Gasteiger partial charge in [-0.3, -0.25) is 9.59 Å². The third kappa shape index (κ3) is 7.72. The van der Waals surface area contributed by atoms with Crippen LogP contribution < -0.4 is 10.6 Å². The summed E-state index contributed by atoms with van der Waals surface area (Å²) in [6.07, 6.45) is 7.06. The van der Waals surface area contributed by atoms with Crippen LogP contribution in [0.5, 0.6) is 0 Å². The number of hydrogen-bond acceptors (Lipinski definition) is 5. The van der Waals surface area contributed by atoms with Crippen LogP contribution in [0.4, 0.5) is 0 Å². The zero-order valence-electron chi connectivity index (χ0n) is 17.4. The van der Waals surface area contributed by atoms with Gasteiger partial charge >= 0.3 is 5.97 Å². The number of amides is 2. The molecule has 0 bridgehead atoms. The zero-order valence-corrected chi connectivity index (χ0v) is 18.2. The Balaban J connectivity index is 2.77. The Morgan fingerprint density at radius 3 is 2.30 bits per heavy atom. The highest BCUT2D eigenvalue weighted by atomic mass is 32.2. The molecule has 0 aromatic carbocycles. The summed E-state index contributed by atoms with van der Waals surface area (Å²) in [4.78, 5) is 37.6. The number of ether oxygens (including phenoxy) is 1. The first-order chi connectivity index (χ1) is 12.8. The van der Waals surface area contributed by atoms with E-state index in [9.17, 15) is 14.4 Å². The van der Waals surface area contributed by atoms with Crippen molar-refractivity contribution in [3.63, 3.8) is 0 Å². The highest BCUT2D eigenvalue weighted by Gasteiger charge is 2.32. The van der Waals surface area contributed by atoms with Gasteiger partial charge < -0.3 is 15.4 Å². The molecule has 2 N–H and O–H groups in total. The van der Waals surface area contributed by atoms with E-state index in [1.165, 1.54) is 7.11 Å². The molecule has 0 aromatic rings. The third-order valence-corrected chi connectivity index (χ3v) is 6.24. The number of thioether (sulfide) groups is 1. The first-order valence-corrected chi connectivity index (χ1v) is 11.4. The fourth-order valence-electron chi connectivity index (χ4n) is 3.38. The molecule has 156 valence electrons. The highest BCUT2D eigenvalue weighted by molar-refractivity contribution is 7.98. The summed E-state index contributed by atoms with van der Waals surface area (Å²) < 4.78 is 4.81. The predicted molar refractivity (Wildman–Crippen MR) is 109 cm³/mol. The predicted octanol–water partition coefficient (Wildman–Crippen LogP) is 2.75. The maximum atomic E-state index is 12.9. The van der Waals surface area contributed by atoms with Gasteiger partial charge in [-0.1, -0.05) is 27.2 Å². The van der Waals surface area contributed by atoms with E-state index in [2.05, 4.69) is 17.6 Å². The zero-order chi connectivity index (χ0) is 20.4. The quantitative estimate of drug-likeness (QED) is 0.551. The molecule has 0 spiro atoms. The average molecular weight is 401 g/mol. The molecule has 0 aromatic heterocycles. The number of carbonyl (C=O) groups is 3. The van der Waals surface area contributed by atoms with Crippen molar-refractivity contribution in [3.8, 4) is 0 Å². The molecule has 7 heteroatoms. The van der Waals surface area contributed by atoms with Crippen molar-refractivity contribution >= 4 is 29.5 Å². The van der Waals surface area contributed by atoms with Crippen LogP contribution in [0.1, 0.15) is 59.3 Å². The molecule has 2 amide bonds. The molecule has 0 saturated heterocycles. The van der Waals surface area contributed by atoms with Crippen molar-refractivity contribution in [1.29, 1.82) is 0 Å². The Morgan fingerprint density at radius 2 is 1.78 bits per heavy atom. The van der Waals surface area contributed by atoms with Crippen LogP contribution in [-0.2, 0) is 19.1 Å². The third-order valence-electron chi connectivity index (χ3n) is 5.59. The molecule has 1 aliphatic rings. The van der Waals surface area contributed by atoms with Gasteiger partial charge in [-0.15, -0.1) is 0 Å². The van der Waals surface area contributed by atoms with Crippen LogP contribution in [-0.4, -0.2) is 49.0 Å². The minimum Gasteiger partial charge on any atom is -0.467 e. The van der Waals surface area contributed by atoms with Crippen molar-refractivity contribution in [1.82, 2.24) is 10.6 Å². The second-order valence-corrected chi connectivity index (χ2v) is 8.68. The first kappa shape index (κ1) is 23.8. The Labute approximate surface area is 167 Å². The molecule has 1 rings (SSSR count). The smallest absolute Gasteiger partial charge is 0.328 e. The lowest BCUT2D eigenvalue weighted by Gasteiger charge is -2.30. The second-order valence-electron chi connectivity index (χ2n) is 7.69. The average Bonchev–Trinajstić information content (AvgIpc) is 2.68. The number of rotatable bonds is 10. The largest absolute Gasteiger partial charge is 0.467 e. The molecule has 27 heavy (non-hydrogen) atoms. The van der Waals surface area contributed by atoms with Crippen LogP contribution >= 0.6 is 11.8 Å². The molecule has 6 nitrogen and oxygen atoms in total. The van der Waals surface area contributed by atoms with Gasteiger partial charge in [0.05, 0.1) is 7.11 Å². The fourth-order valence-corrected chi connectivity index (χ4v) is 3.86. The van der Waals surface area contributed by atoms with E-state index in [0.29, 0.717) is 12.3 Å². The molecule has 0 heterocycles. The Hall–Kier alpha value is -1.24. The van der Waals surface area contributed by atoms with Crippen molar-refractivity contribution in [2.45, 2.75) is 71.4 Å². The fraction of sp³-hybridized carbons (Fsp3) is 0.850. The molecule has 1 aliphatic carbocycles. The van der Waals surface area contributed by atoms with E-state index in [-0.39, 0.29) is 23.7 Å². The Bertz CT molecular complexity index is 492. The van der Waals surface area contributed by atoms with Crippen LogP contribution in [0.2, 0.25) is 0 Å². The monoisotopic (exact) mass is 400 g/mol. The SMILES string of the molecule is CC[C@H](C)[C@H](NC(=O)C1CCC(C)CC1)C(=O)N[C@H](CCSC)C(=O)OC. The molecule has 1 fully saturated rings. The summed E-state index contributed by atoms with van der Waals surface area (Å²) in [7, 11) is 1.32. The van der Waals surface area contributed by atoms with Gasteiger partial charge in [0.15, 0.2) is 0 Å². The molecular formula is C20H36N2O4S. The molecule has 3 atom stereocenters. The first-order valence-electron chi connectivity index (χ1n) is 10.0.